The predicted octanol–water partition coefficient (Wildman–Crippen LogP) is 10.3. The standard InChI is InChI=1S/C48H50Br2Cl2N4O6S/c1-61-29-33-17-23-43(59)55(33)27-7-25-53-41(57)21-15-31-13-19-39(47(51)45(31)35-9-3-5-11-37(35)49)63-40-20-14-32(46(48(40)52)36-10-4-6-12-38(36)50)16-22-42(58)54-26-8-28-56-34(30-62-2)18-24-44(56)60/h3-6,9-16,19-22,33-34H,7-8,17-18,23-30H2,1-2H3,(H,53,57)(H,54,58)/t33-,34-/m0/s1. The van der Waals surface area contributed by atoms with E-state index in [0.717, 1.165) is 65.0 Å². The molecule has 6 rings (SSSR count). The number of nitrogens with one attached hydrogen (secondary N) is 2. The van der Waals surface area contributed by atoms with Crippen LogP contribution in [0.4, 0.5) is 0 Å². The van der Waals surface area contributed by atoms with Crippen molar-refractivity contribution in [1.82, 2.24) is 20.4 Å². The van der Waals surface area contributed by atoms with Crippen molar-refractivity contribution in [3.05, 3.63) is 115 Å². The van der Waals surface area contributed by atoms with Gasteiger partial charge in [0.1, 0.15) is 0 Å². The van der Waals surface area contributed by atoms with Gasteiger partial charge in [0.2, 0.25) is 23.6 Å². The molecule has 0 aliphatic carbocycles. The van der Waals surface area contributed by atoms with Crippen LogP contribution in [0.15, 0.2) is 104 Å². The van der Waals surface area contributed by atoms with E-state index < -0.39 is 0 Å². The lowest BCUT2D eigenvalue weighted by atomic mass is 9.99. The lowest BCUT2D eigenvalue weighted by molar-refractivity contribution is -0.130. The van der Waals surface area contributed by atoms with Gasteiger partial charge in [0.15, 0.2) is 0 Å². The molecule has 2 N–H and O–H groups in total. The Bertz CT molecular complexity index is 2200. The number of halogens is 4. The predicted molar refractivity (Wildman–Crippen MR) is 260 cm³/mol. The Kier molecular flexibility index (Phi) is 18.3. The zero-order valence-electron chi connectivity index (χ0n) is 35.1. The van der Waals surface area contributed by atoms with Crippen LogP contribution < -0.4 is 10.6 Å². The quantitative estimate of drug-likeness (QED) is 0.0669. The van der Waals surface area contributed by atoms with Crippen LogP contribution in [0.1, 0.15) is 49.7 Å². The van der Waals surface area contributed by atoms with Crippen molar-refractivity contribution < 1.29 is 28.7 Å². The Balaban J connectivity index is 1.19. The number of hydrogen-bond acceptors (Lipinski definition) is 7. The van der Waals surface area contributed by atoms with Gasteiger partial charge >= 0.3 is 0 Å². The van der Waals surface area contributed by atoms with Crippen molar-refractivity contribution in [2.75, 3.05) is 53.6 Å². The molecule has 63 heavy (non-hydrogen) atoms. The molecule has 0 aromatic heterocycles. The van der Waals surface area contributed by atoms with Crippen molar-refractivity contribution in [1.29, 1.82) is 0 Å². The summed E-state index contributed by atoms with van der Waals surface area (Å²) in [6.07, 6.45) is 10.4. The van der Waals surface area contributed by atoms with E-state index >= 15 is 0 Å². The highest BCUT2D eigenvalue weighted by Crippen LogP contribution is 2.48. The lowest BCUT2D eigenvalue weighted by Crippen LogP contribution is -2.38. The molecule has 2 saturated heterocycles. The highest BCUT2D eigenvalue weighted by Gasteiger charge is 2.31. The van der Waals surface area contributed by atoms with E-state index in [1.165, 1.54) is 23.9 Å². The highest BCUT2D eigenvalue weighted by atomic mass is 79.9. The minimum atomic E-state index is -0.256. The van der Waals surface area contributed by atoms with Crippen molar-refractivity contribution in [2.24, 2.45) is 0 Å². The largest absolute Gasteiger partial charge is 0.383 e. The zero-order chi connectivity index (χ0) is 44.9. The molecule has 0 unspecified atom stereocenters. The average Bonchev–Trinajstić information content (AvgIpc) is 3.81. The van der Waals surface area contributed by atoms with E-state index in [-0.39, 0.29) is 35.7 Å². The molecule has 332 valence electrons. The van der Waals surface area contributed by atoms with Crippen LogP contribution in [0.2, 0.25) is 10.0 Å². The van der Waals surface area contributed by atoms with Gasteiger partial charge in [-0.05, 0) is 84.4 Å². The van der Waals surface area contributed by atoms with Crippen LogP contribution in [0, 0.1) is 0 Å². The molecule has 0 saturated carbocycles. The second kappa shape index (κ2) is 23.8. The lowest BCUT2D eigenvalue weighted by Gasteiger charge is -2.24. The number of benzene rings is 4. The average molecular weight is 1040 g/mol. The van der Waals surface area contributed by atoms with E-state index in [2.05, 4.69) is 42.5 Å². The fourth-order valence-corrected chi connectivity index (χ4v) is 10.5. The Morgan fingerprint density at radius 3 is 1.49 bits per heavy atom. The maximum atomic E-state index is 13.0. The third-order valence-corrected chi connectivity index (χ3v) is 14.5. The molecule has 2 fully saturated rings. The van der Waals surface area contributed by atoms with Crippen molar-refractivity contribution in [2.45, 2.75) is 60.4 Å². The smallest absolute Gasteiger partial charge is 0.244 e. The summed E-state index contributed by atoms with van der Waals surface area (Å²) in [6, 6.07) is 23.4. The van der Waals surface area contributed by atoms with E-state index in [1.807, 2.05) is 82.6 Å². The Labute approximate surface area is 400 Å². The van der Waals surface area contributed by atoms with Gasteiger partial charge in [-0.15, -0.1) is 0 Å². The molecule has 10 nitrogen and oxygen atoms in total. The van der Waals surface area contributed by atoms with E-state index in [0.29, 0.717) is 75.1 Å². The third kappa shape index (κ3) is 12.7. The minimum absolute atomic E-state index is 0.0809. The first kappa shape index (κ1) is 48.5. The zero-order valence-corrected chi connectivity index (χ0v) is 40.6. The number of likely N-dealkylation sites (tertiary alicyclic amines) is 2. The number of hydrogen-bond donors (Lipinski definition) is 2. The van der Waals surface area contributed by atoms with E-state index in [9.17, 15) is 19.2 Å². The van der Waals surface area contributed by atoms with Crippen molar-refractivity contribution in [3.63, 3.8) is 0 Å². The summed E-state index contributed by atoms with van der Waals surface area (Å²) in [7, 11) is 3.28. The van der Waals surface area contributed by atoms with Crippen LogP contribution in [-0.2, 0) is 28.7 Å². The molecule has 0 radical (unpaired) electrons. The van der Waals surface area contributed by atoms with Crippen molar-refractivity contribution >= 4 is 103 Å². The molecular weight excluding hydrogens is 991 g/mol. The fraction of sp³-hybridized carbons (Fsp3) is 0.333. The van der Waals surface area contributed by atoms with Crippen LogP contribution in [0.25, 0.3) is 34.4 Å². The molecule has 4 amide bonds. The third-order valence-electron chi connectivity index (χ3n) is 11.0. The number of rotatable bonds is 20. The molecule has 4 aromatic carbocycles. The Hall–Kier alpha value is -3.95. The van der Waals surface area contributed by atoms with Crippen LogP contribution in [-0.4, -0.2) is 99.1 Å². The second-order valence-electron chi connectivity index (χ2n) is 15.2. The summed E-state index contributed by atoms with van der Waals surface area (Å²) in [4.78, 5) is 55.9. The molecule has 2 heterocycles. The van der Waals surface area contributed by atoms with Gasteiger partial charge in [-0.3, -0.25) is 19.2 Å². The summed E-state index contributed by atoms with van der Waals surface area (Å²) in [5.74, 6) is -0.267. The molecule has 2 aliphatic rings. The maximum Gasteiger partial charge on any atom is 0.244 e. The summed E-state index contributed by atoms with van der Waals surface area (Å²) in [5, 5.41) is 6.85. The first-order chi connectivity index (χ1) is 30.5. The molecule has 4 aromatic rings. The number of nitrogens with zero attached hydrogens (tertiary/aromatic N) is 2. The number of carbonyl (C=O) groups excluding carboxylic acids is 4. The number of amides is 4. The molecule has 15 heteroatoms. The second-order valence-corrected chi connectivity index (χ2v) is 18.7. The number of carbonyl (C=O) groups is 4. The first-order valence-corrected chi connectivity index (χ1v) is 24.0. The maximum absolute atomic E-state index is 13.0. The Morgan fingerprint density at radius 1 is 0.683 bits per heavy atom. The molecular formula is C48H50Br2Cl2N4O6S. The van der Waals surface area contributed by atoms with Gasteiger partial charge in [0.25, 0.3) is 0 Å². The summed E-state index contributed by atoms with van der Waals surface area (Å²) in [6.45, 7) is 2.98. The number of ether oxygens (including phenoxy) is 2. The van der Waals surface area contributed by atoms with Crippen molar-refractivity contribution in [3.8, 4) is 22.3 Å². The fourth-order valence-electron chi connectivity index (χ4n) is 7.88. The van der Waals surface area contributed by atoms with Gasteiger partial charge in [0.05, 0.1) is 35.3 Å². The first-order valence-electron chi connectivity index (χ1n) is 20.8. The van der Waals surface area contributed by atoms with Gasteiger partial charge in [-0.25, -0.2) is 0 Å². The van der Waals surface area contributed by atoms with Crippen LogP contribution >= 0.6 is 66.8 Å². The normalized spacial score (nSPS) is 16.5. The molecule has 2 aliphatic heterocycles. The SMILES string of the molecule is COC[C@@H]1CCC(=O)N1CCCNC(=O)C=Cc1ccc(Sc2ccc(C=CC(=O)NCCCN3C(=O)CC[C@H]3COC)c(-c3ccccc3Br)c2Cl)c(Cl)c1-c1ccccc1Br. The molecule has 0 bridgehead atoms. The molecule has 2 atom stereocenters. The van der Waals surface area contributed by atoms with E-state index in [4.69, 9.17) is 32.7 Å². The van der Waals surface area contributed by atoms with Gasteiger partial charge in [-0.1, -0.05) is 115 Å². The highest BCUT2D eigenvalue weighted by molar-refractivity contribution is 9.11. The van der Waals surface area contributed by atoms with Gasteiger partial charge < -0.3 is 29.9 Å². The minimum Gasteiger partial charge on any atom is -0.383 e. The Morgan fingerprint density at radius 2 is 1.10 bits per heavy atom. The number of methoxy groups -OCH3 is 2. The molecule has 0 spiro atoms. The summed E-state index contributed by atoms with van der Waals surface area (Å²) >= 11 is 23.5. The van der Waals surface area contributed by atoms with E-state index in [1.54, 1.807) is 26.4 Å². The van der Waals surface area contributed by atoms with Crippen LogP contribution in [0.3, 0.4) is 0 Å². The summed E-state index contributed by atoms with van der Waals surface area (Å²) in [5.41, 5.74) is 4.67. The monoisotopic (exact) mass is 1040 g/mol. The van der Waals surface area contributed by atoms with Crippen LogP contribution in [0.5, 0.6) is 0 Å². The van der Waals surface area contributed by atoms with Gasteiger partial charge in [0, 0.05) is 95.3 Å². The summed E-state index contributed by atoms with van der Waals surface area (Å²) < 4.78 is 12.2. The van der Waals surface area contributed by atoms with Gasteiger partial charge in [-0.2, -0.15) is 0 Å². The topological polar surface area (TPSA) is 117 Å².